The minimum atomic E-state index is -1.21. The van der Waals surface area contributed by atoms with Gasteiger partial charge < -0.3 is 15.3 Å². The summed E-state index contributed by atoms with van der Waals surface area (Å²) >= 11 is 0. The zero-order valence-electron chi connectivity index (χ0n) is 10.2. The number of amides is 2. The Kier molecular flexibility index (Phi) is 3.61. The number of hydrogen-bond acceptors (Lipinski definition) is 3. The Balaban J connectivity index is 2.69. The minimum Gasteiger partial charge on any atom is -0.465 e. The van der Waals surface area contributed by atoms with Gasteiger partial charge in [-0.2, -0.15) is 5.26 Å². The van der Waals surface area contributed by atoms with Gasteiger partial charge in [-0.1, -0.05) is 20.8 Å². The van der Waals surface area contributed by atoms with E-state index in [1.54, 1.807) is 20.8 Å². The molecule has 1 aliphatic heterocycles. The molecule has 2 amide bonds. The average Bonchev–Trinajstić information content (AvgIpc) is 2.10. The van der Waals surface area contributed by atoms with Gasteiger partial charge in [0.25, 0.3) is 0 Å². The van der Waals surface area contributed by atoms with E-state index in [0.29, 0.717) is 13.1 Å². The normalized spacial score (nSPS) is 17.9. The molecular weight excluding hydrogens is 222 g/mol. The lowest BCUT2D eigenvalue weighted by Crippen LogP contribution is -2.60. The third-order valence-electron chi connectivity index (χ3n) is 2.76. The van der Waals surface area contributed by atoms with Crippen LogP contribution >= 0.6 is 0 Å². The molecule has 0 radical (unpaired) electrons. The van der Waals surface area contributed by atoms with Gasteiger partial charge in [-0.25, -0.2) is 4.79 Å². The van der Waals surface area contributed by atoms with Gasteiger partial charge >= 0.3 is 6.09 Å². The summed E-state index contributed by atoms with van der Waals surface area (Å²) in [6.07, 6.45) is -1.21. The van der Waals surface area contributed by atoms with E-state index in [0.717, 1.165) is 0 Å². The maximum absolute atomic E-state index is 12.1. The van der Waals surface area contributed by atoms with Crippen molar-refractivity contribution in [3.05, 3.63) is 0 Å². The summed E-state index contributed by atoms with van der Waals surface area (Å²) < 4.78 is 0. The van der Waals surface area contributed by atoms with E-state index in [1.807, 2.05) is 0 Å². The summed E-state index contributed by atoms with van der Waals surface area (Å²) in [7, 11) is 0. The summed E-state index contributed by atoms with van der Waals surface area (Å²) in [4.78, 5) is 24.2. The topological polar surface area (TPSA) is 93.4 Å². The molecule has 0 aromatic carbocycles. The van der Waals surface area contributed by atoms with Crippen LogP contribution < -0.4 is 5.32 Å². The fraction of sp³-hybridized carbons (Fsp3) is 0.727. The number of hydrogen-bond donors (Lipinski definition) is 2. The second-order valence-electron chi connectivity index (χ2n) is 5.32. The van der Waals surface area contributed by atoms with E-state index in [4.69, 9.17) is 10.4 Å². The number of likely N-dealkylation sites (tertiary alicyclic amines) is 1. The number of nitrogens with zero attached hydrogens (tertiary/aromatic N) is 2. The largest absolute Gasteiger partial charge is 0.465 e. The van der Waals surface area contributed by atoms with Crippen LogP contribution in [0, 0.1) is 22.7 Å². The molecule has 0 aromatic heterocycles. The first-order chi connectivity index (χ1) is 7.75. The van der Waals surface area contributed by atoms with E-state index < -0.39 is 17.6 Å². The molecule has 94 valence electrons. The van der Waals surface area contributed by atoms with Crippen molar-refractivity contribution >= 4 is 12.0 Å². The summed E-state index contributed by atoms with van der Waals surface area (Å²) in [5, 5.41) is 19.6. The van der Waals surface area contributed by atoms with Crippen molar-refractivity contribution in [1.82, 2.24) is 10.2 Å². The first kappa shape index (κ1) is 13.3. The van der Waals surface area contributed by atoms with Gasteiger partial charge in [-0.3, -0.25) is 4.79 Å². The summed E-state index contributed by atoms with van der Waals surface area (Å²) in [6.45, 7) is 6.18. The number of carboxylic acid groups (broad SMARTS) is 1. The van der Waals surface area contributed by atoms with E-state index in [9.17, 15) is 9.59 Å². The fourth-order valence-electron chi connectivity index (χ4n) is 1.69. The lowest BCUT2D eigenvalue weighted by Gasteiger charge is -2.40. The monoisotopic (exact) mass is 239 g/mol. The zero-order chi connectivity index (χ0) is 13.2. The maximum atomic E-state index is 12.1. The van der Waals surface area contributed by atoms with Crippen LogP contribution in [0.2, 0.25) is 0 Å². The number of nitrogens with one attached hydrogen (secondary N) is 1. The van der Waals surface area contributed by atoms with Crippen LogP contribution in [-0.4, -0.2) is 41.1 Å². The molecule has 1 atom stereocenters. The molecule has 0 saturated carbocycles. The molecular formula is C11H17N3O3. The maximum Gasteiger partial charge on any atom is 0.405 e. The van der Waals surface area contributed by atoms with Gasteiger partial charge in [0.15, 0.2) is 0 Å². The lowest BCUT2D eigenvalue weighted by molar-refractivity contribution is -0.141. The molecule has 6 heteroatoms. The molecule has 0 unspecified atom stereocenters. The summed E-state index contributed by atoms with van der Waals surface area (Å²) in [5.74, 6) is -0.379. The van der Waals surface area contributed by atoms with Crippen LogP contribution in [0.1, 0.15) is 20.8 Å². The Morgan fingerprint density at radius 3 is 2.35 bits per heavy atom. The Bertz CT molecular complexity index is 361. The van der Waals surface area contributed by atoms with Crippen molar-refractivity contribution in [2.75, 3.05) is 13.1 Å². The molecule has 1 aliphatic rings. The number of nitriles is 1. The van der Waals surface area contributed by atoms with Crippen LogP contribution in [0.5, 0.6) is 0 Å². The molecule has 2 N–H and O–H groups in total. The van der Waals surface area contributed by atoms with Crippen molar-refractivity contribution in [1.29, 1.82) is 5.26 Å². The Morgan fingerprint density at radius 1 is 1.47 bits per heavy atom. The molecule has 6 nitrogen and oxygen atoms in total. The third kappa shape index (κ3) is 3.09. The molecule has 0 bridgehead atoms. The standard InChI is InChI=1S/C11H17N3O3/c1-11(2,3)8(13-10(16)17)9(15)14-5-7(4-12)6-14/h7-8,13H,5-6H2,1-3H3,(H,16,17)/t8-/m0/s1. The second-order valence-corrected chi connectivity index (χ2v) is 5.32. The zero-order valence-corrected chi connectivity index (χ0v) is 10.2. The fourth-order valence-corrected chi connectivity index (χ4v) is 1.69. The van der Waals surface area contributed by atoms with Crippen LogP contribution in [0.3, 0.4) is 0 Å². The number of carbonyl (C=O) groups excluding carboxylic acids is 1. The highest BCUT2D eigenvalue weighted by molar-refractivity contribution is 5.86. The van der Waals surface area contributed by atoms with E-state index in [-0.39, 0.29) is 11.8 Å². The SMILES string of the molecule is CC(C)(C)[C@@H](NC(=O)O)C(=O)N1CC(C#N)C1. The van der Waals surface area contributed by atoms with E-state index >= 15 is 0 Å². The first-order valence-corrected chi connectivity index (χ1v) is 5.43. The van der Waals surface area contributed by atoms with Crippen molar-refractivity contribution in [3.63, 3.8) is 0 Å². The number of carbonyl (C=O) groups is 2. The summed E-state index contributed by atoms with van der Waals surface area (Å²) in [6, 6.07) is 1.30. The molecule has 1 saturated heterocycles. The highest BCUT2D eigenvalue weighted by atomic mass is 16.4. The Hall–Kier alpha value is -1.77. The molecule has 1 rings (SSSR count). The number of rotatable bonds is 2. The smallest absolute Gasteiger partial charge is 0.405 e. The van der Waals surface area contributed by atoms with E-state index in [2.05, 4.69) is 11.4 Å². The van der Waals surface area contributed by atoms with E-state index in [1.165, 1.54) is 4.90 Å². The van der Waals surface area contributed by atoms with Crippen molar-refractivity contribution in [2.45, 2.75) is 26.8 Å². The highest BCUT2D eigenvalue weighted by Gasteiger charge is 2.40. The van der Waals surface area contributed by atoms with Crippen molar-refractivity contribution in [3.8, 4) is 6.07 Å². The predicted octanol–water partition coefficient (Wildman–Crippen LogP) is 0.651. The van der Waals surface area contributed by atoms with Crippen molar-refractivity contribution in [2.24, 2.45) is 11.3 Å². The van der Waals surface area contributed by atoms with Gasteiger partial charge in [0.05, 0.1) is 12.0 Å². The Labute approximate surface area is 100 Å². The lowest BCUT2D eigenvalue weighted by atomic mass is 9.84. The second kappa shape index (κ2) is 4.62. The van der Waals surface area contributed by atoms with Gasteiger partial charge in [0.2, 0.25) is 5.91 Å². The van der Waals surface area contributed by atoms with Gasteiger partial charge in [0.1, 0.15) is 6.04 Å². The van der Waals surface area contributed by atoms with Crippen LogP contribution in [-0.2, 0) is 4.79 Å². The molecule has 17 heavy (non-hydrogen) atoms. The highest BCUT2D eigenvalue weighted by Crippen LogP contribution is 2.24. The van der Waals surface area contributed by atoms with Gasteiger partial charge in [-0.15, -0.1) is 0 Å². The van der Waals surface area contributed by atoms with Crippen LogP contribution in [0.25, 0.3) is 0 Å². The molecule has 0 aliphatic carbocycles. The average molecular weight is 239 g/mol. The Morgan fingerprint density at radius 2 is 2.00 bits per heavy atom. The van der Waals surface area contributed by atoms with Gasteiger partial charge in [-0.05, 0) is 5.41 Å². The van der Waals surface area contributed by atoms with Crippen LogP contribution in [0.4, 0.5) is 4.79 Å². The van der Waals surface area contributed by atoms with Crippen LogP contribution in [0.15, 0.2) is 0 Å². The van der Waals surface area contributed by atoms with Gasteiger partial charge in [0, 0.05) is 13.1 Å². The third-order valence-corrected chi connectivity index (χ3v) is 2.76. The molecule has 0 spiro atoms. The quantitative estimate of drug-likeness (QED) is 0.739. The summed E-state index contributed by atoms with van der Waals surface area (Å²) in [5.41, 5.74) is -0.493. The molecule has 0 aromatic rings. The molecule has 1 heterocycles. The first-order valence-electron chi connectivity index (χ1n) is 5.43. The predicted molar refractivity (Wildman–Crippen MR) is 60.1 cm³/mol. The molecule has 1 fully saturated rings. The van der Waals surface area contributed by atoms with Crippen molar-refractivity contribution < 1.29 is 14.7 Å². The minimum absolute atomic E-state index is 0.121.